The van der Waals surface area contributed by atoms with Gasteiger partial charge in [-0.3, -0.25) is 0 Å². The standard InChI is InChI=1S/C22H22F2N2O3/c23-18-8-15(9-19(24)11-18)10-20(26-22(28)29)21(27)13-25-12-14-5-6-16-3-1-2-4-17(16)7-14/h1-9,11,20-21,25-27H,10,12-13H2,(H,28,29)/t20-,21-/m0/s1. The minimum atomic E-state index is -1.32. The second-order valence-corrected chi connectivity index (χ2v) is 6.92. The number of rotatable bonds is 8. The molecule has 0 unspecified atom stereocenters. The summed E-state index contributed by atoms with van der Waals surface area (Å²) in [4.78, 5) is 11.1. The molecule has 0 fully saturated rings. The lowest BCUT2D eigenvalue weighted by Crippen LogP contribution is -2.48. The molecule has 0 spiro atoms. The average Bonchev–Trinajstić information content (AvgIpc) is 2.66. The van der Waals surface area contributed by atoms with E-state index in [4.69, 9.17) is 5.11 Å². The van der Waals surface area contributed by atoms with Gasteiger partial charge in [-0.05, 0) is 46.5 Å². The minimum Gasteiger partial charge on any atom is -0.465 e. The van der Waals surface area contributed by atoms with Crippen molar-refractivity contribution in [3.63, 3.8) is 0 Å². The summed E-state index contributed by atoms with van der Waals surface area (Å²) in [7, 11) is 0. The molecule has 0 aromatic heterocycles. The number of hydrogen-bond acceptors (Lipinski definition) is 3. The van der Waals surface area contributed by atoms with E-state index in [-0.39, 0.29) is 18.5 Å². The summed E-state index contributed by atoms with van der Waals surface area (Å²) in [5.74, 6) is -1.50. The van der Waals surface area contributed by atoms with E-state index < -0.39 is 29.9 Å². The molecule has 3 rings (SSSR count). The van der Waals surface area contributed by atoms with Crippen molar-refractivity contribution < 1.29 is 23.8 Å². The molecular formula is C22H22F2N2O3. The first-order valence-corrected chi connectivity index (χ1v) is 9.21. The molecule has 2 atom stereocenters. The van der Waals surface area contributed by atoms with Crippen molar-refractivity contribution in [3.05, 3.63) is 83.4 Å². The second-order valence-electron chi connectivity index (χ2n) is 6.92. The van der Waals surface area contributed by atoms with E-state index in [1.807, 2.05) is 42.5 Å². The van der Waals surface area contributed by atoms with Crippen LogP contribution >= 0.6 is 0 Å². The maximum Gasteiger partial charge on any atom is 0.404 e. The van der Waals surface area contributed by atoms with Crippen molar-refractivity contribution in [1.29, 1.82) is 0 Å². The Morgan fingerprint density at radius 2 is 1.62 bits per heavy atom. The summed E-state index contributed by atoms with van der Waals surface area (Å²) in [5, 5.41) is 27.0. The number of amides is 1. The first kappa shape index (κ1) is 20.7. The number of benzene rings is 3. The van der Waals surface area contributed by atoms with E-state index in [2.05, 4.69) is 10.6 Å². The third kappa shape index (κ3) is 5.97. The van der Waals surface area contributed by atoms with Gasteiger partial charge in [-0.15, -0.1) is 0 Å². The Labute approximate surface area is 167 Å². The van der Waals surface area contributed by atoms with Crippen molar-refractivity contribution in [3.8, 4) is 0 Å². The Morgan fingerprint density at radius 1 is 0.931 bits per heavy atom. The lowest BCUT2D eigenvalue weighted by Gasteiger charge is -2.23. The van der Waals surface area contributed by atoms with Gasteiger partial charge in [0.1, 0.15) is 11.6 Å². The van der Waals surface area contributed by atoms with E-state index in [0.717, 1.165) is 34.5 Å². The van der Waals surface area contributed by atoms with E-state index >= 15 is 0 Å². The van der Waals surface area contributed by atoms with Gasteiger partial charge in [0.05, 0.1) is 12.1 Å². The quantitative estimate of drug-likeness (QED) is 0.467. The van der Waals surface area contributed by atoms with Crippen molar-refractivity contribution >= 4 is 16.9 Å². The third-order valence-electron chi connectivity index (χ3n) is 4.65. The van der Waals surface area contributed by atoms with Crippen LogP contribution in [0.3, 0.4) is 0 Å². The van der Waals surface area contributed by atoms with Gasteiger partial charge in [-0.1, -0.05) is 36.4 Å². The summed E-state index contributed by atoms with van der Waals surface area (Å²) < 4.78 is 26.8. The van der Waals surface area contributed by atoms with Gasteiger partial charge < -0.3 is 20.8 Å². The van der Waals surface area contributed by atoms with E-state index in [0.29, 0.717) is 6.54 Å². The smallest absolute Gasteiger partial charge is 0.404 e. The highest BCUT2D eigenvalue weighted by molar-refractivity contribution is 5.82. The van der Waals surface area contributed by atoms with Gasteiger partial charge in [-0.25, -0.2) is 13.6 Å². The van der Waals surface area contributed by atoms with Crippen LogP contribution in [-0.4, -0.2) is 35.0 Å². The van der Waals surface area contributed by atoms with Crippen molar-refractivity contribution in [2.45, 2.75) is 25.1 Å². The van der Waals surface area contributed by atoms with Crippen LogP contribution in [0.25, 0.3) is 10.8 Å². The monoisotopic (exact) mass is 400 g/mol. The Balaban J connectivity index is 1.61. The van der Waals surface area contributed by atoms with Gasteiger partial charge in [0.25, 0.3) is 0 Å². The number of aliphatic hydroxyl groups excluding tert-OH is 1. The summed E-state index contributed by atoms with van der Waals surface area (Å²) in [5.41, 5.74) is 1.28. The number of hydrogen-bond donors (Lipinski definition) is 4. The second kappa shape index (κ2) is 9.45. The molecule has 0 aliphatic carbocycles. The molecule has 3 aromatic rings. The van der Waals surface area contributed by atoms with Crippen molar-refractivity contribution in [1.82, 2.24) is 10.6 Å². The average molecular weight is 400 g/mol. The van der Waals surface area contributed by atoms with Crippen LogP contribution in [0.5, 0.6) is 0 Å². The molecular weight excluding hydrogens is 378 g/mol. The summed E-state index contributed by atoms with van der Waals surface area (Å²) in [6.07, 6.45) is -2.45. The SMILES string of the molecule is O=C(O)N[C@@H](Cc1cc(F)cc(F)c1)[C@@H](O)CNCc1ccc2ccccc2c1. The van der Waals surface area contributed by atoms with Crippen molar-refractivity contribution in [2.75, 3.05) is 6.54 Å². The van der Waals surface area contributed by atoms with Crippen LogP contribution in [0.4, 0.5) is 13.6 Å². The zero-order valence-corrected chi connectivity index (χ0v) is 15.6. The number of carboxylic acid groups (broad SMARTS) is 1. The molecule has 0 radical (unpaired) electrons. The molecule has 0 saturated carbocycles. The Hall–Kier alpha value is -3.03. The highest BCUT2D eigenvalue weighted by Gasteiger charge is 2.22. The number of aliphatic hydroxyl groups is 1. The molecule has 5 nitrogen and oxygen atoms in total. The van der Waals surface area contributed by atoms with Gasteiger partial charge in [0.15, 0.2) is 0 Å². The van der Waals surface area contributed by atoms with Crippen LogP contribution in [0.15, 0.2) is 60.7 Å². The van der Waals surface area contributed by atoms with Crippen LogP contribution in [-0.2, 0) is 13.0 Å². The normalized spacial score (nSPS) is 13.2. The first-order valence-electron chi connectivity index (χ1n) is 9.21. The number of fused-ring (bicyclic) bond motifs is 1. The summed E-state index contributed by atoms with van der Waals surface area (Å²) in [6.45, 7) is 0.589. The molecule has 0 bridgehead atoms. The fourth-order valence-electron chi connectivity index (χ4n) is 3.28. The van der Waals surface area contributed by atoms with Crippen LogP contribution < -0.4 is 10.6 Å². The largest absolute Gasteiger partial charge is 0.465 e. The molecule has 1 amide bonds. The maximum absolute atomic E-state index is 13.4. The summed E-state index contributed by atoms with van der Waals surface area (Å²) in [6, 6.07) is 16.0. The predicted octanol–water partition coefficient (Wildman–Crippen LogP) is 3.45. The van der Waals surface area contributed by atoms with Gasteiger partial charge >= 0.3 is 6.09 Å². The van der Waals surface area contributed by atoms with Crippen molar-refractivity contribution in [2.24, 2.45) is 0 Å². The van der Waals surface area contributed by atoms with Gasteiger partial charge in [0.2, 0.25) is 0 Å². The molecule has 4 N–H and O–H groups in total. The highest BCUT2D eigenvalue weighted by atomic mass is 19.1. The third-order valence-corrected chi connectivity index (χ3v) is 4.65. The first-order chi connectivity index (χ1) is 13.9. The Bertz CT molecular complexity index is 976. The molecule has 0 aliphatic rings. The lowest BCUT2D eigenvalue weighted by atomic mass is 10.0. The zero-order valence-electron chi connectivity index (χ0n) is 15.6. The highest BCUT2D eigenvalue weighted by Crippen LogP contribution is 2.16. The predicted molar refractivity (Wildman–Crippen MR) is 107 cm³/mol. The number of carbonyl (C=O) groups is 1. The Kier molecular flexibility index (Phi) is 6.74. The number of halogens is 2. The van der Waals surface area contributed by atoms with Gasteiger partial charge in [0, 0.05) is 19.2 Å². The zero-order chi connectivity index (χ0) is 20.8. The fourth-order valence-corrected chi connectivity index (χ4v) is 3.28. The molecule has 3 aromatic carbocycles. The van der Waals surface area contributed by atoms with Crippen LogP contribution in [0.1, 0.15) is 11.1 Å². The molecule has 0 aliphatic heterocycles. The summed E-state index contributed by atoms with van der Waals surface area (Å²) >= 11 is 0. The maximum atomic E-state index is 13.4. The van der Waals surface area contributed by atoms with E-state index in [9.17, 15) is 18.7 Å². The molecule has 0 saturated heterocycles. The lowest BCUT2D eigenvalue weighted by molar-refractivity contribution is 0.117. The van der Waals surface area contributed by atoms with Crippen LogP contribution in [0.2, 0.25) is 0 Å². The number of nitrogens with one attached hydrogen (secondary N) is 2. The van der Waals surface area contributed by atoms with Gasteiger partial charge in [-0.2, -0.15) is 0 Å². The molecule has 7 heteroatoms. The molecule has 0 heterocycles. The molecule has 29 heavy (non-hydrogen) atoms. The fraction of sp³-hybridized carbons (Fsp3) is 0.227. The Morgan fingerprint density at radius 3 is 2.31 bits per heavy atom. The van der Waals surface area contributed by atoms with Crippen LogP contribution in [0, 0.1) is 11.6 Å². The topological polar surface area (TPSA) is 81.6 Å². The van der Waals surface area contributed by atoms with E-state index in [1.165, 1.54) is 0 Å². The minimum absolute atomic E-state index is 0.0419. The molecule has 152 valence electrons. The van der Waals surface area contributed by atoms with E-state index in [1.54, 1.807) is 0 Å².